The van der Waals surface area contributed by atoms with Crippen LogP contribution in [0.4, 0.5) is 0 Å². The monoisotopic (exact) mass is 530 g/mol. The molecule has 4 rings (SSSR count). The summed E-state index contributed by atoms with van der Waals surface area (Å²) < 4.78 is 2.61. The van der Waals surface area contributed by atoms with E-state index in [1.165, 1.54) is 0 Å². The number of hydrogen-bond donors (Lipinski definition) is 2. The molecule has 0 aliphatic heterocycles. The number of benzene rings is 3. The molecule has 0 saturated heterocycles. The van der Waals surface area contributed by atoms with Crippen molar-refractivity contribution >= 4 is 27.7 Å². The molecule has 4 aromatic rings. The fraction of sp³-hybridized carbons (Fsp3) is 0.179. The summed E-state index contributed by atoms with van der Waals surface area (Å²) in [6.07, 6.45) is 0.364. The van der Waals surface area contributed by atoms with E-state index in [9.17, 15) is 9.59 Å². The van der Waals surface area contributed by atoms with Gasteiger partial charge in [-0.15, -0.1) is 0 Å². The Morgan fingerprint density at radius 2 is 1.69 bits per heavy atom. The fourth-order valence-corrected chi connectivity index (χ4v) is 4.38. The van der Waals surface area contributed by atoms with Gasteiger partial charge in [-0.05, 0) is 42.3 Å². The Morgan fingerprint density at radius 3 is 2.40 bits per heavy atom. The van der Waals surface area contributed by atoms with Crippen LogP contribution < -0.4 is 10.6 Å². The molecule has 1 heterocycles. The van der Waals surface area contributed by atoms with Crippen molar-refractivity contribution in [2.45, 2.75) is 25.9 Å². The van der Waals surface area contributed by atoms with Crippen LogP contribution in [0.25, 0.3) is 11.3 Å². The van der Waals surface area contributed by atoms with Crippen LogP contribution >= 0.6 is 15.9 Å². The van der Waals surface area contributed by atoms with Crippen LogP contribution in [0.5, 0.6) is 0 Å². The number of nitrogens with one attached hydrogen (secondary N) is 2. The summed E-state index contributed by atoms with van der Waals surface area (Å²) in [6.45, 7) is 2.46. The van der Waals surface area contributed by atoms with Gasteiger partial charge in [-0.3, -0.25) is 14.3 Å². The van der Waals surface area contributed by atoms with Gasteiger partial charge in [0.05, 0.1) is 12.2 Å². The molecule has 3 aromatic carbocycles. The molecule has 0 fully saturated rings. The van der Waals surface area contributed by atoms with Gasteiger partial charge in [0.2, 0.25) is 5.91 Å². The topological polar surface area (TPSA) is 76.0 Å². The maximum absolute atomic E-state index is 13.5. The third-order valence-electron chi connectivity index (χ3n) is 5.70. The number of aromatic nitrogens is 2. The minimum Gasteiger partial charge on any atom is -0.357 e. The zero-order valence-electron chi connectivity index (χ0n) is 19.7. The van der Waals surface area contributed by atoms with E-state index in [0.717, 1.165) is 26.7 Å². The summed E-state index contributed by atoms with van der Waals surface area (Å²) in [5, 5.41) is 10.3. The third-order valence-corrected chi connectivity index (χ3v) is 6.19. The largest absolute Gasteiger partial charge is 0.357 e. The SMILES string of the molecule is CNC(=O)[C@H](Cc1cccc(Br)c1)NC(=O)c1cc(-c2cccc(C)c2)nn1Cc1ccccc1. The second kappa shape index (κ2) is 11.1. The highest BCUT2D eigenvalue weighted by Crippen LogP contribution is 2.22. The number of halogens is 1. The van der Waals surface area contributed by atoms with Crippen LogP contribution in [0.1, 0.15) is 27.2 Å². The van der Waals surface area contributed by atoms with Gasteiger partial charge in [0.25, 0.3) is 5.91 Å². The van der Waals surface area contributed by atoms with Crippen LogP contribution in [-0.4, -0.2) is 34.7 Å². The Balaban J connectivity index is 1.66. The molecule has 178 valence electrons. The lowest BCUT2D eigenvalue weighted by atomic mass is 10.0. The molecular formula is C28H27BrN4O2. The van der Waals surface area contributed by atoms with Crippen LogP contribution in [0.15, 0.2) is 89.4 Å². The first-order valence-electron chi connectivity index (χ1n) is 11.4. The summed E-state index contributed by atoms with van der Waals surface area (Å²) >= 11 is 3.47. The second-order valence-corrected chi connectivity index (χ2v) is 9.32. The molecule has 0 aliphatic carbocycles. The molecule has 0 unspecified atom stereocenters. The lowest BCUT2D eigenvalue weighted by Gasteiger charge is -2.18. The minimum atomic E-state index is -0.732. The minimum absolute atomic E-state index is 0.258. The van der Waals surface area contributed by atoms with Gasteiger partial charge in [-0.2, -0.15) is 5.10 Å². The Labute approximate surface area is 213 Å². The Bertz CT molecular complexity index is 1330. The number of nitrogens with zero attached hydrogens (tertiary/aromatic N) is 2. The van der Waals surface area contributed by atoms with Gasteiger partial charge < -0.3 is 10.6 Å². The summed E-state index contributed by atoms with van der Waals surface area (Å²) in [4.78, 5) is 26.1. The number of carbonyl (C=O) groups excluding carboxylic acids is 2. The van der Waals surface area contributed by atoms with Crippen molar-refractivity contribution in [3.8, 4) is 11.3 Å². The summed E-state index contributed by atoms with van der Waals surface area (Å²) in [7, 11) is 1.57. The van der Waals surface area contributed by atoms with Gasteiger partial charge >= 0.3 is 0 Å². The molecule has 7 heteroatoms. The number of likely N-dealkylation sites (N-methyl/N-ethyl adjacent to an activating group) is 1. The van der Waals surface area contributed by atoms with E-state index in [0.29, 0.717) is 24.4 Å². The van der Waals surface area contributed by atoms with E-state index in [2.05, 4.69) is 26.6 Å². The van der Waals surface area contributed by atoms with Gasteiger partial charge in [0.15, 0.2) is 0 Å². The van der Waals surface area contributed by atoms with E-state index in [-0.39, 0.29) is 11.8 Å². The van der Waals surface area contributed by atoms with Gasteiger partial charge in [0.1, 0.15) is 11.7 Å². The van der Waals surface area contributed by atoms with E-state index in [1.54, 1.807) is 17.8 Å². The second-order valence-electron chi connectivity index (χ2n) is 8.40. The Kier molecular flexibility index (Phi) is 7.77. The quantitative estimate of drug-likeness (QED) is 0.345. The maximum atomic E-state index is 13.5. The first-order chi connectivity index (χ1) is 16.9. The normalized spacial score (nSPS) is 11.6. The average Bonchev–Trinajstić information content (AvgIpc) is 3.27. The van der Waals surface area contributed by atoms with E-state index in [4.69, 9.17) is 5.10 Å². The zero-order valence-corrected chi connectivity index (χ0v) is 21.2. The predicted molar refractivity (Wildman–Crippen MR) is 141 cm³/mol. The summed E-state index contributed by atoms with van der Waals surface area (Å²) in [6, 6.07) is 26.6. The molecule has 0 aliphatic rings. The first kappa shape index (κ1) is 24.4. The highest BCUT2D eigenvalue weighted by Gasteiger charge is 2.24. The van der Waals surface area contributed by atoms with Crippen molar-refractivity contribution in [1.82, 2.24) is 20.4 Å². The fourth-order valence-electron chi connectivity index (χ4n) is 3.94. The number of aryl methyl sites for hydroxylation is 1. The van der Waals surface area contributed by atoms with E-state index in [1.807, 2.05) is 85.8 Å². The van der Waals surface area contributed by atoms with Crippen LogP contribution in [0, 0.1) is 6.92 Å². The smallest absolute Gasteiger partial charge is 0.270 e. The first-order valence-corrected chi connectivity index (χ1v) is 12.2. The number of hydrogen-bond acceptors (Lipinski definition) is 3. The Morgan fingerprint density at radius 1 is 0.943 bits per heavy atom. The van der Waals surface area contributed by atoms with Crippen molar-refractivity contribution in [1.29, 1.82) is 0 Å². The van der Waals surface area contributed by atoms with Crippen LogP contribution in [-0.2, 0) is 17.8 Å². The molecular weight excluding hydrogens is 504 g/mol. The highest BCUT2D eigenvalue weighted by atomic mass is 79.9. The molecule has 35 heavy (non-hydrogen) atoms. The summed E-state index contributed by atoms with van der Waals surface area (Å²) in [5.41, 5.74) is 5.11. The molecule has 2 amide bonds. The number of carbonyl (C=O) groups is 2. The molecule has 6 nitrogen and oxygen atoms in total. The standard InChI is InChI=1S/C28H27BrN4O2/c1-19-8-6-12-22(14-19)24-17-26(33(32-24)18-20-9-4-3-5-10-20)28(35)31-25(27(34)30-2)16-21-11-7-13-23(29)15-21/h3-15,17,25H,16,18H2,1-2H3,(H,30,34)(H,31,35)/t25-/m0/s1. The molecule has 0 spiro atoms. The number of amides is 2. The predicted octanol–water partition coefficient (Wildman–Crippen LogP) is 4.76. The average molecular weight is 531 g/mol. The molecule has 0 radical (unpaired) electrons. The van der Waals surface area contributed by atoms with Gasteiger partial charge in [0, 0.05) is 23.5 Å². The number of rotatable bonds is 8. The molecule has 2 N–H and O–H groups in total. The van der Waals surface area contributed by atoms with Crippen molar-refractivity contribution in [2.24, 2.45) is 0 Å². The molecule has 0 saturated carbocycles. The van der Waals surface area contributed by atoms with Crippen LogP contribution in [0.2, 0.25) is 0 Å². The van der Waals surface area contributed by atoms with Gasteiger partial charge in [-0.25, -0.2) is 0 Å². The zero-order chi connectivity index (χ0) is 24.8. The highest BCUT2D eigenvalue weighted by molar-refractivity contribution is 9.10. The van der Waals surface area contributed by atoms with Crippen LogP contribution in [0.3, 0.4) is 0 Å². The van der Waals surface area contributed by atoms with Crippen molar-refractivity contribution in [3.63, 3.8) is 0 Å². The van der Waals surface area contributed by atoms with Crippen molar-refractivity contribution in [3.05, 3.63) is 112 Å². The maximum Gasteiger partial charge on any atom is 0.270 e. The third kappa shape index (κ3) is 6.25. The van der Waals surface area contributed by atoms with Crippen molar-refractivity contribution in [2.75, 3.05) is 7.05 Å². The molecule has 1 aromatic heterocycles. The lowest BCUT2D eigenvalue weighted by molar-refractivity contribution is -0.122. The van der Waals surface area contributed by atoms with E-state index < -0.39 is 6.04 Å². The lowest BCUT2D eigenvalue weighted by Crippen LogP contribution is -2.47. The van der Waals surface area contributed by atoms with E-state index >= 15 is 0 Å². The summed E-state index contributed by atoms with van der Waals surface area (Å²) in [5.74, 6) is -0.609. The Hall–Kier alpha value is -3.71. The molecule has 0 bridgehead atoms. The van der Waals surface area contributed by atoms with Crippen molar-refractivity contribution < 1.29 is 9.59 Å². The molecule has 1 atom stereocenters. The van der Waals surface area contributed by atoms with Gasteiger partial charge in [-0.1, -0.05) is 82.2 Å².